The first-order valence-electron chi connectivity index (χ1n) is 8.10. The molecular formula is C19H22N2O2S2. The summed E-state index contributed by atoms with van der Waals surface area (Å²) in [5.41, 5.74) is 0.747. The average molecular weight is 375 g/mol. The largest absolute Gasteiger partial charge is 0.497 e. The minimum Gasteiger partial charge on any atom is -0.497 e. The minimum atomic E-state index is -0.0995. The van der Waals surface area contributed by atoms with Crippen LogP contribution >= 0.6 is 24.0 Å². The van der Waals surface area contributed by atoms with Crippen molar-refractivity contribution in [3.05, 3.63) is 59.7 Å². The highest BCUT2D eigenvalue weighted by atomic mass is 32.2. The first-order valence-corrected chi connectivity index (χ1v) is 9.32. The van der Waals surface area contributed by atoms with Gasteiger partial charge in [-0.1, -0.05) is 36.1 Å². The van der Waals surface area contributed by atoms with Crippen molar-refractivity contribution in [1.29, 1.82) is 0 Å². The summed E-state index contributed by atoms with van der Waals surface area (Å²) >= 11 is 6.67. The number of hydrogen-bond acceptors (Lipinski definition) is 5. The number of carbonyl (C=O) groups excluding carboxylic acids is 1. The van der Waals surface area contributed by atoms with E-state index in [-0.39, 0.29) is 5.91 Å². The monoisotopic (exact) mass is 374 g/mol. The van der Waals surface area contributed by atoms with Crippen molar-refractivity contribution in [1.82, 2.24) is 4.90 Å². The molecule has 2 rings (SSSR count). The molecule has 0 saturated carbocycles. The predicted octanol–water partition coefficient (Wildman–Crippen LogP) is 4.36. The van der Waals surface area contributed by atoms with Crippen LogP contribution in [0.2, 0.25) is 0 Å². The molecule has 0 spiro atoms. The quantitative estimate of drug-likeness (QED) is 0.402. The van der Waals surface area contributed by atoms with Crippen LogP contribution in [0.15, 0.2) is 59.7 Å². The van der Waals surface area contributed by atoms with Crippen molar-refractivity contribution >= 4 is 39.9 Å². The zero-order valence-corrected chi connectivity index (χ0v) is 16.3. The highest BCUT2D eigenvalue weighted by Crippen LogP contribution is 2.35. The molecule has 0 aliphatic carbocycles. The van der Waals surface area contributed by atoms with Crippen LogP contribution in [0.1, 0.15) is 13.8 Å². The van der Waals surface area contributed by atoms with E-state index in [1.54, 1.807) is 18.1 Å². The van der Waals surface area contributed by atoms with Gasteiger partial charge >= 0.3 is 0 Å². The molecule has 1 aliphatic rings. The van der Waals surface area contributed by atoms with Gasteiger partial charge < -0.3 is 9.64 Å². The molecule has 1 heterocycles. The molecule has 0 atom stereocenters. The van der Waals surface area contributed by atoms with E-state index in [2.05, 4.69) is 18.7 Å². The second-order valence-corrected chi connectivity index (χ2v) is 6.86. The van der Waals surface area contributed by atoms with E-state index in [0.717, 1.165) is 24.5 Å². The van der Waals surface area contributed by atoms with Crippen molar-refractivity contribution in [3.63, 3.8) is 0 Å². The molecule has 4 nitrogen and oxygen atoms in total. The molecule has 0 radical (unpaired) electrons. The minimum absolute atomic E-state index is 0.0995. The number of methoxy groups -OCH3 is 1. The van der Waals surface area contributed by atoms with E-state index in [1.807, 2.05) is 48.7 Å². The predicted molar refractivity (Wildman–Crippen MR) is 110 cm³/mol. The normalized spacial score (nSPS) is 16.6. The Balaban J connectivity index is 2.06. The number of thioether (sulfide) groups is 1. The summed E-state index contributed by atoms with van der Waals surface area (Å²) in [5, 5.41) is 0. The summed E-state index contributed by atoms with van der Waals surface area (Å²) in [6, 6.07) is 7.29. The summed E-state index contributed by atoms with van der Waals surface area (Å²) < 4.78 is 5.68. The molecule has 0 N–H and O–H groups in total. The second kappa shape index (κ2) is 9.44. The highest BCUT2D eigenvalue weighted by molar-refractivity contribution is 8.27. The average Bonchev–Trinajstić information content (AvgIpc) is 2.92. The smallest absolute Gasteiger partial charge is 0.270 e. The van der Waals surface area contributed by atoms with Crippen molar-refractivity contribution in [3.8, 4) is 5.75 Å². The van der Waals surface area contributed by atoms with E-state index in [1.165, 1.54) is 11.8 Å². The molecule has 0 unspecified atom stereocenters. The number of ether oxygens (including phenoxy) is 1. The lowest BCUT2D eigenvalue weighted by Gasteiger charge is -2.14. The van der Waals surface area contributed by atoms with Crippen LogP contribution in [-0.2, 0) is 4.79 Å². The third kappa shape index (κ3) is 4.96. The van der Waals surface area contributed by atoms with Gasteiger partial charge in [-0.25, -0.2) is 0 Å². The second-order valence-electron chi connectivity index (χ2n) is 5.19. The van der Waals surface area contributed by atoms with Gasteiger partial charge in [-0.05, 0) is 56.5 Å². The molecule has 1 amide bonds. The molecule has 1 aliphatic heterocycles. The fourth-order valence-corrected chi connectivity index (χ4v) is 3.50. The lowest BCUT2D eigenvalue weighted by molar-refractivity contribution is -0.113. The van der Waals surface area contributed by atoms with Gasteiger partial charge in [0.05, 0.1) is 17.7 Å². The number of rotatable bonds is 7. The number of carbonyl (C=O) groups is 1. The third-order valence-electron chi connectivity index (χ3n) is 3.70. The Hall–Kier alpha value is -2.05. The Kier molecular flexibility index (Phi) is 7.28. The zero-order valence-electron chi connectivity index (χ0n) is 14.6. The van der Waals surface area contributed by atoms with Gasteiger partial charge in [0, 0.05) is 13.1 Å². The van der Waals surface area contributed by atoms with Gasteiger partial charge in [-0.15, -0.1) is 0 Å². The lowest BCUT2D eigenvalue weighted by Crippen LogP contribution is -2.27. The van der Waals surface area contributed by atoms with Gasteiger partial charge in [0.15, 0.2) is 4.32 Å². The topological polar surface area (TPSA) is 32.8 Å². The molecular weight excluding hydrogens is 352 g/mol. The number of anilines is 1. The van der Waals surface area contributed by atoms with Crippen molar-refractivity contribution in [2.45, 2.75) is 13.8 Å². The van der Waals surface area contributed by atoms with Crippen LogP contribution in [0.4, 0.5) is 5.69 Å². The first-order chi connectivity index (χ1) is 12.1. The summed E-state index contributed by atoms with van der Waals surface area (Å²) in [6.45, 7) is 6.17. The summed E-state index contributed by atoms with van der Waals surface area (Å²) in [6.07, 6.45) is 9.58. The molecule has 0 bridgehead atoms. The molecule has 1 aromatic carbocycles. The Morgan fingerprint density at radius 2 is 1.84 bits per heavy atom. The van der Waals surface area contributed by atoms with E-state index in [4.69, 9.17) is 17.0 Å². The molecule has 1 saturated heterocycles. The molecule has 1 aromatic rings. The molecule has 0 aromatic heterocycles. The highest BCUT2D eigenvalue weighted by Gasteiger charge is 2.32. The summed E-state index contributed by atoms with van der Waals surface area (Å²) in [4.78, 5) is 16.9. The number of benzene rings is 1. The van der Waals surface area contributed by atoms with E-state index < -0.39 is 0 Å². The third-order valence-corrected chi connectivity index (χ3v) is 5.02. The maximum absolute atomic E-state index is 12.6. The van der Waals surface area contributed by atoms with E-state index in [0.29, 0.717) is 9.23 Å². The lowest BCUT2D eigenvalue weighted by atomic mass is 10.2. The van der Waals surface area contributed by atoms with E-state index in [9.17, 15) is 4.79 Å². The number of hydrogen-bond donors (Lipinski definition) is 0. The Morgan fingerprint density at radius 3 is 2.44 bits per heavy atom. The van der Waals surface area contributed by atoms with Crippen LogP contribution in [0.3, 0.4) is 0 Å². The van der Waals surface area contributed by atoms with Gasteiger partial charge in [0.25, 0.3) is 5.91 Å². The first kappa shape index (κ1) is 19.3. The standard InChI is InChI=1S/C19H22N2O2S2/c1-4-20(5-2)14-8-6-7-9-17-18(22)21(19(24)25-17)15-10-12-16(23-3)13-11-15/h6-14H,4-5H2,1-3H3/b7-6+,14-8+,17-9-. The fourth-order valence-electron chi connectivity index (χ4n) is 2.25. The van der Waals surface area contributed by atoms with Gasteiger partial charge in [-0.3, -0.25) is 9.69 Å². The zero-order chi connectivity index (χ0) is 18.2. The Morgan fingerprint density at radius 1 is 1.16 bits per heavy atom. The van der Waals surface area contributed by atoms with Crippen LogP contribution < -0.4 is 9.64 Å². The Labute approximate surface area is 158 Å². The number of thiocarbonyl (C=S) groups is 1. The molecule has 25 heavy (non-hydrogen) atoms. The summed E-state index contributed by atoms with van der Waals surface area (Å²) in [7, 11) is 1.61. The molecule has 1 fully saturated rings. The SMILES string of the molecule is CCN(/C=C/C=C/C=C1\SC(=S)N(c2ccc(OC)cc2)C1=O)CC. The fraction of sp³-hybridized carbons (Fsp3) is 0.263. The van der Waals surface area contributed by atoms with Crippen molar-refractivity contribution in [2.75, 3.05) is 25.1 Å². The summed E-state index contributed by atoms with van der Waals surface area (Å²) in [5.74, 6) is 0.644. The number of nitrogens with zero attached hydrogens (tertiary/aromatic N) is 2. The van der Waals surface area contributed by atoms with Crippen LogP contribution in [0.5, 0.6) is 5.75 Å². The molecule has 132 valence electrons. The Bertz CT molecular complexity index is 705. The van der Waals surface area contributed by atoms with Crippen molar-refractivity contribution in [2.24, 2.45) is 0 Å². The van der Waals surface area contributed by atoms with Crippen LogP contribution in [0, 0.1) is 0 Å². The van der Waals surface area contributed by atoms with Gasteiger partial charge in [-0.2, -0.15) is 0 Å². The molecule has 6 heteroatoms. The van der Waals surface area contributed by atoms with E-state index >= 15 is 0 Å². The van der Waals surface area contributed by atoms with Gasteiger partial charge in [0.1, 0.15) is 5.75 Å². The maximum Gasteiger partial charge on any atom is 0.270 e. The maximum atomic E-state index is 12.6. The van der Waals surface area contributed by atoms with Crippen LogP contribution in [-0.4, -0.2) is 35.3 Å². The number of amides is 1. The van der Waals surface area contributed by atoms with Gasteiger partial charge in [0.2, 0.25) is 0 Å². The van der Waals surface area contributed by atoms with Crippen LogP contribution in [0.25, 0.3) is 0 Å². The number of allylic oxidation sites excluding steroid dienone is 4. The van der Waals surface area contributed by atoms with Crippen molar-refractivity contribution < 1.29 is 9.53 Å².